The van der Waals surface area contributed by atoms with Crippen LogP contribution in [-0.4, -0.2) is 25.9 Å². The number of halogens is 1. The first-order valence-corrected chi connectivity index (χ1v) is 10.1. The minimum atomic E-state index is -0.962. The second-order valence-electron chi connectivity index (χ2n) is 6.99. The maximum Gasteiger partial charge on any atom is 0.259 e. The van der Waals surface area contributed by atoms with Crippen LogP contribution in [-0.2, 0) is 4.79 Å². The Morgan fingerprint density at radius 2 is 1.86 bits per heavy atom. The molecule has 9 heteroatoms. The molecule has 0 radical (unpaired) electrons. The van der Waals surface area contributed by atoms with Crippen LogP contribution in [0.5, 0.6) is 0 Å². The summed E-state index contributed by atoms with van der Waals surface area (Å²) in [6.07, 6.45) is 3.09. The molecule has 4 rings (SSSR count). The van der Waals surface area contributed by atoms with Crippen LogP contribution < -0.4 is 15.4 Å². The van der Waals surface area contributed by atoms with E-state index in [0.717, 1.165) is 3.57 Å². The fraction of sp³-hybridized carbons (Fsp3) is 0.150. The van der Waals surface area contributed by atoms with Crippen LogP contribution in [0.2, 0.25) is 0 Å². The van der Waals surface area contributed by atoms with Gasteiger partial charge in [-0.2, -0.15) is 5.26 Å². The van der Waals surface area contributed by atoms with Crippen molar-refractivity contribution in [2.24, 2.45) is 0 Å². The Kier molecular flexibility index (Phi) is 4.63. The highest BCUT2D eigenvalue weighted by molar-refractivity contribution is 14.1. The lowest BCUT2D eigenvalue weighted by Crippen LogP contribution is -2.44. The molecule has 1 fully saturated rings. The predicted molar refractivity (Wildman–Crippen MR) is 122 cm³/mol. The van der Waals surface area contributed by atoms with E-state index in [0.29, 0.717) is 27.7 Å². The van der Waals surface area contributed by atoms with E-state index in [-0.39, 0.29) is 11.5 Å². The predicted octanol–water partition coefficient (Wildman–Crippen LogP) is 3.09. The third kappa shape index (κ3) is 2.99. The van der Waals surface area contributed by atoms with E-state index in [2.05, 4.69) is 33.6 Å². The van der Waals surface area contributed by atoms with Crippen LogP contribution in [0.15, 0.2) is 53.6 Å². The van der Waals surface area contributed by atoms with Gasteiger partial charge in [-0.05, 0) is 79.0 Å². The molecule has 2 aromatic heterocycles. The van der Waals surface area contributed by atoms with Crippen LogP contribution in [0.1, 0.15) is 19.4 Å². The summed E-state index contributed by atoms with van der Waals surface area (Å²) in [4.78, 5) is 32.8. The fourth-order valence-corrected chi connectivity index (χ4v) is 4.48. The number of benzene rings is 1. The molecule has 0 aliphatic carbocycles. The number of rotatable bonds is 2. The largest absolute Gasteiger partial charge is 0.302 e. The Morgan fingerprint density at radius 3 is 2.55 bits per heavy atom. The highest BCUT2D eigenvalue weighted by atomic mass is 127. The topological polar surface area (TPSA) is 81.7 Å². The Bertz CT molecular complexity index is 1290. The van der Waals surface area contributed by atoms with Gasteiger partial charge in [0.2, 0.25) is 0 Å². The number of anilines is 2. The van der Waals surface area contributed by atoms with Gasteiger partial charge in [-0.15, -0.1) is 0 Å². The summed E-state index contributed by atoms with van der Waals surface area (Å²) in [5.41, 5.74) is 1.07. The molecule has 0 unspecified atom stereocenters. The molecule has 3 aromatic rings. The zero-order valence-electron chi connectivity index (χ0n) is 15.5. The summed E-state index contributed by atoms with van der Waals surface area (Å²) in [7, 11) is 0. The van der Waals surface area contributed by atoms with Gasteiger partial charge in [0.1, 0.15) is 17.3 Å². The summed E-state index contributed by atoms with van der Waals surface area (Å²) in [6, 6.07) is 12.1. The van der Waals surface area contributed by atoms with Gasteiger partial charge in [0.05, 0.1) is 16.9 Å². The molecule has 1 saturated heterocycles. The van der Waals surface area contributed by atoms with Crippen LogP contribution >= 0.6 is 34.8 Å². The monoisotopic (exact) mass is 515 g/mol. The minimum Gasteiger partial charge on any atom is -0.302 e. The minimum absolute atomic E-state index is 0.193. The van der Waals surface area contributed by atoms with Gasteiger partial charge < -0.3 is 4.90 Å². The first-order chi connectivity index (χ1) is 13.8. The van der Waals surface area contributed by atoms with Crippen molar-refractivity contribution in [1.82, 2.24) is 9.38 Å². The van der Waals surface area contributed by atoms with E-state index in [4.69, 9.17) is 17.5 Å². The number of hydrogen-bond donors (Lipinski definition) is 0. The summed E-state index contributed by atoms with van der Waals surface area (Å²) in [5, 5.41) is 9.46. The van der Waals surface area contributed by atoms with Gasteiger partial charge in [-0.3, -0.25) is 18.9 Å². The molecule has 1 aliphatic rings. The number of nitriles is 1. The van der Waals surface area contributed by atoms with Gasteiger partial charge in [0.15, 0.2) is 5.11 Å². The van der Waals surface area contributed by atoms with Crippen molar-refractivity contribution >= 4 is 62.9 Å². The average molecular weight is 515 g/mol. The molecule has 0 saturated carbocycles. The number of nitrogens with zero attached hydrogens (tertiary/aromatic N) is 5. The molecule has 1 amide bonds. The molecule has 3 heterocycles. The van der Waals surface area contributed by atoms with Gasteiger partial charge in [-0.1, -0.05) is 0 Å². The van der Waals surface area contributed by atoms with Crippen molar-refractivity contribution < 1.29 is 4.79 Å². The smallest absolute Gasteiger partial charge is 0.259 e. The number of carbonyl (C=O) groups excluding carboxylic acids is 1. The number of thiocarbonyl (C=S) groups is 1. The highest BCUT2D eigenvalue weighted by Crippen LogP contribution is 2.36. The molecule has 144 valence electrons. The third-order valence-electron chi connectivity index (χ3n) is 4.83. The maximum atomic E-state index is 13.3. The molecule has 29 heavy (non-hydrogen) atoms. The second kappa shape index (κ2) is 6.89. The first-order valence-electron chi connectivity index (χ1n) is 8.61. The quantitative estimate of drug-likeness (QED) is 0.386. The molecule has 0 atom stereocenters. The Hall–Kier alpha value is -2.84. The summed E-state index contributed by atoms with van der Waals surface area (Å²) in [5.74, 6) is -0.193. The zero-order valence-corrected chi connectivity index (χ0v) is 18.4. The number of fused-ring (bicyclic) bond motifs is 1. The van der Waals surface area contributed by atoms with Crippen molar-refractivity contribution in [1.29, 1.82) is 5.26 Å². The molecule has 0 bridgehead atoms. The van der Waals surface area contributed by atoms with Gasteiger partial charge in [-0.25, -0.2) is 4.98 Å². The second-order valence-corrected chi connectivity index (χ2v) is 8.52. The number of carbonyl (C=O) groups is 1. The van der Waals surface area contributed by atoms with E-state index in [9.17, 15) is 9.59 Å². The molecule has 0 spiro atoms. The summed E-state index contributed by atoms with van der Waals surface area (Å²) in [6.45, 7) is 3.57. The highest BCUT2D eigenvalue weighted by Gasteiger charge is 2.50. The molecular weight excluding hydrogens is 501 g/mol. The van der Waals surface area contributed by atoms with Crippen LogP contribution in [0.3, 0.4) is 0 Å². The van der Waals surface area contributed by atoms with Crippen molar-refractivity contribution in [3.63, 3.8) is 0 Å². The van der Waals surface area contributed by atoms with E-state index >= 15 is 0 Å². The van der Waals surface area contributed by atoms with E-state index in [1.165, 1.54) is 21.6 Å². The van der Waals surface area contributed by atoms with Gasteiger partial charge in [0, 0.05) is 22.0 Å². The molecular formula is C20H14IN5O2S. The molecule has 7 nitrogen and oxygen atoms in total. The summed E-state index contributed by atoms with van der Waals surface area (Å²) >= 11 is 7.74. The first kappa shape index (κ1) is 19.5. The molecule has 1 aromatic carbocycles. The number of hydrogen-bond acceptors (Lipinski definition) is 5. The Balaban J connectivity index is 1.84. The van der Waals surface area contributed by atoms with Crippen molar-refractivity contribution in [2.45, 2.75) is 19.4 Å². The summed E-state index contributed by atoms with van der Waals surface area (Å²) < 4.78 is 2.16. The van der Waals surface area contributed by atoms with Crippen molar-refractivity contribution in [3.8, 4) is 6.07 Å². The SMILES string of the molecule is CC1(C)C(=O)N(c2ccc(C#N)c(I)c2)C(=S)N1c1ccc2nccc(=O)n2c1. The Labute approximate surface area is 185 Å². The standard InChI is InChI=1S/C20H14IN5O2S/c1-20(2)18(28)25(13-4-3-12(10-22)15(21)9-13)19(29)26(20)14-5-6-16-23-8-7-17(27)24(16)11-14/h3-9,11H,1-2H3. The van der Waals surface area contributed by atoms with Crippen LogP contribution in [0, 0.1) is 14.9 Å². The Morgan fingerprint density at radius 1 is 1.14 bits per heavy atom. The number of aromatic nitrogens is 2. The van der Waals surface area contributed by atoms with Crippen LogP contribution in [0.25, 0.3) is 5.65 Å². The van der Waals surface area contributed by atoms with E-state index < -0.39 is 5.54 Å². The maximum absolute atomic E-state index is 13.3. The van der Waals surface area contributed by atoms with Crippen molar-refractivity contribution in [3.05, 3.63) is 68.3 Å². The van der Waals surface area contributed by atoms with E-state index in [1.54, 1.807) is 55.3 Å². The third-order valence-corrected chi connectivity index (χ3v) is 6.09. The lowest BCUT2D eigenvalue weighted by Gasteiger charge is -2.29. The van der Waals surface area contributed by atoms with Gasteiger partial charge >= 0.3 is 0 Å². The molecule has 0 N–H and O–H groups in total. The number of pyridine rings is 1. The average Bonchev–Trinajstić information content (AvgIpc) is 2.86. The molecule has 1 aliphatic heterocycles. The lowest BCUT2D eigenvalue weighted by atomic mass is 10.0. The lowest BCUT2D eigenvalue weighted by molar-refractivity contribution is -0.120. The number of amides is 1. The van der Waals surface area contributed by atoms with Crippen molar-refractivity contribution in [2.75, 3.05) is 9.80 Å². The van der Waals surface area contributed by atoms with Gasteiger partial charge in [0.25, 0.3) is 11.5 Å². The fourth-order valence-electron chi connectivity index (χ4n) is 3.34. The normalized spacial score (nSPS) is 15.8. The van der Waals surface area contributed by atoms with E-state index in [1.807, 2.05) is 0 Å². The zero-order chi connectivity index (χ0) is 20.9. The van der Waals surface area contributed by atoms with Crippen LogP contribution in [0.4, 0.5) is 11.4 Å².